The van der Waals surface area contributed by atoms with Gasteiger partial charge in [-0.1, -0.05) is 6.07 Å². The molecule has 4 rings (SSSR count). The zero-order chi connectivity index (χ0) is 21.6. The minimum absolute atomic E-state index is 0.0818. The summed E-state index contributed by atoms with van der Waals surface area (Å²) in [6.07, 6.45) is 9.67. The van der Waals surface area contributed by atoms with Gasteiger partial charge in [-0.25, -0.2) is 4.98 Å². The van der Waals surface area contributed by atoms with Gasteiger partial charge >= 0.3 is 5.97 Å². The molecule has 8 nitrogen and oxygen atoms in total. The number of fused-ring (bicyclic) bond motifs is 1. The lowest BCUT2D eigenvalue weighted by atomic mass is 10.0. The Bertz CT molecular complexity index is 1050. The Morgan fingerprint density at radius 1 is 1.29 bits per heavy atom. The van der Waals surface area contributed by atoms with Crippen LogP contribution in [-0.4, -0.2) is 44.5 Å². The molecule has 0 aromatic carbocycles. The van der Waals surface area contributed by atoms with Crippen LogP contribution in [0.1, 0.15) is 47.8 Å². The van der Waals surface area contributed by atoms with Gasteiger partial charge in [0.1, 0.15) is 11.6 Å². The Hall–Kier alpha value is -3.42. The van der Waals surface area contributed by atoms with E-state index >= 15 is 0 Å². The number of nitrogens with one attached hydrogen (secondary N) is 1. The van der Waals surface area contributed by atoms with Crippen molar-refractivity contribution in [3.8, 4) is 5.75 Å². The van der Waals surface area contributed by atoms with E-state index in [0.717, 1.165) is 61.4 Å². The molecule has 162 valence electrons. The molecule has 31 heavy (non-hydrogen) atoms. The largest absolute Gasteiger partial charge is 0.495 e. The first-order chi connectivity index (χ1) is 15.1. The first-order valence-corrected chi connectivity index (χ1v) is 10.6. The van der Waals surface area contributed by atoms with Gasteiger partial charge in [0.25, 0.3) is 0 Å². The fourth-order valence-electron chi connectivity index (χ4n) is 4.02. The summed E-state index contributed by atoms with van der Waals surface area (Å²) < 4.78 is 7.06. The highest BCUT2D eigenvalue weighted by Gasteiger charge is 2.22. The molecule has 0 amide bonds. The molecular formula is C23H27N5O3. The number of carboxylic acids is 1. The summed E-state index contributed by atoms with van der Waals surface area (Å²) in [5.41, 5.74) is 4.11. The monoisotopic (exact) mass is 421 g/mol. The van der Waals surface area contributed by atoms with Crippen LogP contribution in [0.2, 0.25) is 0 Å². The van der Waals surface area contributed by atoms with E-state index in [1.165, 1.54) is 5.56 Å². The van der Waals surface area contributed by atoms with Crippen LogP contribution in [0.15, 0.2) is 42.9 Å². The topological polar surface area (TPSA) is 102 Å². The minimum atomic E-state index is -0.889. The van der Waals surface area contributed by atoms with E-state index in [0.29, 0.717) is 5.75 Å². The summed E-state index contributed by atoms with van der Waals surface area (Å²) in [6.45, 7) is 0.979. The second kappa shape index (κ2) is 9.59. The van der Waals surface area contributed by atoms with Gasteiger partial charge in [-0.05, 0) is 61.4 Å². The second-order valence-corrected chi connectivity index (χ2v) is 7.73. The van der Waals surface area contributed by atoms with Gasteiger partial charge < -0.3 is 15.2 Å². The average molecular weight is 422 g/mol. The molecule has 0 fully saturated rings. The number of nitrogens with zero attached hydrogens (tertiary/aromatic N) is 4. The number of aromatic nitrogens is 4. The van der Waals surface area contributed by atoms with Gasteiger partial charge in [-0.2, -0.15) is 5.10 Å². The van der Waals surface area contributed by atoms with Crippen LogP contribution in [0.3, 0.4) is 0 Å². The number of carboxylic acid groups (broad SMARTS) is 1. The molecule has 0 spiro atoms. The summed E-state index contributed by atoms with van der Waals surface area (Å²) in [5, 5.41) is 17.3. The SMILES string of the molecule is COc1cncc(C(CC(=O)O)n2nccc2CCCc2ccc3c(n2)NCCC3)c1. The average Bonchev–Trinajstić information content (AvgIpc) is 3.25. The van der Waals surface area contributed by atoms with Crippen LogP contribution < -0.4 is 10.1 Å². The number of ether oxygens (including phenoxy) is 1. The third-order valence-electron chi connectivity index (χ3n) is 5.59. The van der Waals surface area contributed by atoms with Crippen LogP contribution in [0, 0.1) is 0 Å². The highest BCUT2D eigenvalue weighted by Crippen LogP contribution is 2.26. The first kappa shape index (κ1) is 20.8. The summed E-state index contributed by atoms with van der Waals surface area (Å²) in [4.78, 5) is 20.5. The molecule has 2 N–H and O–H groups in total. The number of rotatable bonds is 9. The number of methoxy groups -OCH3 is 1. The second-order valence-electron chi connectivity index (χ2n) is 7.73. The van der Waals surface area contributed by atoms with Gasteiger partial charge in [-0.3, -0.25) is 14.5 Å². The smallest absolute Gasteiger partial charge is 0.305 e. The molecule has 8 heteroatoms. The van der Waals surface area contributed by atoms with Crippen LogP contribution >= 0.6 is 0 Å². The van der Waals surface area contributed by atoms with Gasteiger partial charge in [0.2, 0.25) is 0 Å². The molecule has 0 radical (unpaired) electrons. The van der Waals surface area contributed by atoms with E-state index in [-0.39, 0.29) is 6.42 Å². The number of anilines is 1. The minimum Gasteiger partial charge on any atom is -0.495 e. The maximum atomic E-state index is 11.6. The zero-order valence-electron chi connectivity index (χ0n) is 17.6. The molecule has 1 atom stereocenters. The number of aliphatic carboxylic acids is 1. The summed E-state index contributed by atoms with van der Waals surface area (Å²) in [5.74, 6) is 0.717. The van der Waals surface area contributed by atoms with Crippen molar-refractivity contribution in [2.24, 2.45) is 0 Å². The molecule has 1 aliphatic rings. The van der Waals surface area contributed by atoms with Crippen LogP contribution in [0.5, 0.6) is 5.75 Å². The highest BCUT2D eigenvalue weighted by molar-refractivity contribution is 5.68. The molecule has 0 aliphatic carbocycles. The van der Waals surface area contributed by atoms with Gasteiger partial charge in [0.05, 0.1) is 25.8 Å². The molecule has 4 heterocycles. The molecule has 0 saturated carbocycles. The fraction of sp³-hybridized carbons (Fsp3) is 0.391. The summed E-state index contributed by atoms with van der Waals surface area (Å²) >= 11 is 0. The van der Waals surface area contributed by atoms with Crippen molar-refractivity contribution in [3.63, 3.8) is 0 Å². The van der Waals surface area contributed by atoms with E-state index in [4.69, 9.17) is 9.72 Å². The van der Waals surface area contributed by atoms with E-state index < -0.39 is 12.0 Å². The van der Waals surface area contributed by atoms with Crippen molar-refractivity contribution in [2.75, 3.05) is 19.0 Å². The number of aryl methyl sites for hydroxylation is 3. The standard InChI is InChI=1S/C23H27N5O3/c1-31-20-12-17(14-24-15-20)21(13-22(29)30)28-19(9-11-26-28)6-2-5-18-8-7-16-4-3-10-25-23(16)27-18/h7-9,11-12,14-15,21H,2-6,10,13H2,1H3,(H,25,27)(H,29,30). The molecule has 0 bridgehead atoms. The van der Waals surface area contributed by atoms with Crippen molar-refractivity contribution >= 4 is 11.8 Å². The van der Waals surface area contributed by atoms with Crippen molar-refractivity contribution in [2.45, 2.75) is 44.6 Å². The molecule has 1 unspecified atom stereocenters. The third kappa shape index (κ3) is 5.02. The Labute approximate surface area is 181 Å². The lowest BCUT2D eigenvalue weighted by molar-refractivity contribution is -0.137. The van der Waals surface area contributed by atoms with Crippen molar-refractivity contribution in [3.05, 3.63) is 65.4 Å². The van der Waals surface area contributed by atoms with Crippen LogP contribution in [0.4, 0.5) is 5.82 Å². The lowest BCUT2D eigenvalue weighted by Crippen LogP contribution is -2.19. The number of carbonyl (C=O) groups is 1. The zero-order valence-corrected chi connectivity index (χ0v) is 17.6. The van der Waals surface area contributed by atoms with Gasteiger partial charge in [0.15, 0.2) is 0 Å². The van der Waals surface area contributed by atoms with E-state index in [9.17, 15) is 9.90 Å². The number of hydrogen-bond acceptors (Lipinski definition) is 6. The van der Waals surface area contributed by atoms with Crippen LogP contribution in [-0.2, 0) is 24.1 Å². The predicted octanol–water partition coefficient (Wildman–Crippen LogP) is 3.28. The molecule has 0 saturated heterocycles. The van der Waals surface area contributed by atoms with Crippen molar-refractivity contribution in [1.82, 2.24) is 19.7 Å². The molecule has 3 aromatic heterocycles. The Morgan fingerprint density at radius 2 is 2.19 bits per heavy atom. The Balaban J connectivity index is 1.48. The summed E-state index contributed by atoms with van der Waals surface area (Å²) in [7, 11) is 1.57. The number of pyridine rings is 2. The van der Waals surface area contributed by atoms with Crippen molar-refractivity contribution < 1.29 is 14.6 Å². The Morgan fingerprint density at radius 3 is 3.03 bits per heavy atom. The molecule has 1 aliphatic heterocycles. The quantitative estimate of drug-likeness (QED) is 0.547. The predicted molar refractivity (Wildman–Crippen MR) is 116 cm³/mol. The molecule has 3 aromatic rings. The van der Waals surface area contributed by atoms with Gasteiger partial charge in [0, 0.05) is 30.3 Å². The first-order valence-electron chi connectivity index (χ1n) is 10.6. The Kier molecular flexibility index (Phi) is 6.45. The maximum absolute atomic E-state index is 11.6. The van der Waals surface area contributed by atoms with Crippen molar-refractivity contribution in [1.29, 1.82) is 0 Å². The summed E-state index contributed by atoms with van der Waals surface area (Å²) in [6, 6.07) is 7.60. The lowest BCUT2D eigenvalue weighted by Gasteiger charge is -2.19. The van der Waals surface area contributed by atoms with E-state index in [1.807, 2.05) is 12.1 Å². The normalized spacial score (nSPS) is 13.8. The highest BCUT2D eigenvalue weighted by atomic mass is 16.5. The fourth-order valence-corrected chi connectivity index (χ4v) is 4.02. The number of hydrogen-bond donors (Lipinski definition) is 2. The van der Waals surface area contributed by atoms with Gasteiger partial charge in [-0.15, -0.1) is 0 Å². The van der Waals surface area contributed by atoms with E-state index in [2.05, 4.69) is 27.5 Å². The maximum Gasteiger partial charge on any atom is 0.305 e. The van der Waals surface area contributed by atoms with Crippen LogP contribution in [0.25, 0.3) is 0 Å². The van der Waals surface area contributed by atoms with E-state index in [1.54, 1.807) is 30.4 Å². The third-order valence-corrected chi connectivity index (χ3v) is 5.59. The molecular weight excluding hydrogens is 394 g/mol.